The third-order valence-corrected chi connectivity index (χ3v) is 5.68. The lowest BCUT2D eigenvalue weighted by Gasteiger charge is -2.36. The van der Waals surface area contributed by atoms with Crippen LogP contribution in [-0.2, 0) is 19.4 Å². The van der Waals surface area contributed by atoms with Gasteiger partial charge in [0.05, 0.1) is 0 Å². The smallest absolute Gasteiger partial charge is 0.225 e. The maximum Gasteiger partial charge on any atom is 0.225 e. The minimum atomic E-state index is 0. The van der Waals surface area contributed by atoms with E-state index >= 15 is 0 Å². The fourth-order valence-corrected chi connectivity index (χ4v) is 4.16. The molecule has 7 nitrogen and oxygen atoms in total. The number of phenolic OH excluding ortho intramolecular Hbond substituents is 1. The first-order chi connectivity index (χ1) is 13.8. The predicted octanol–water partition coefficient (Wildman–Crippen LogP) is 2.58. The lowest BCUT2D eigenvalue weighted by Crippen LogP contribution is -2.52. The maximum absolute atomic E-state index is 10.4. The fourth-order valence-electron chi connectivity index (χ4n) is 4.16. The second kappa shape index (κ2) is 10.1. The zero-order valence-corrected chi connectivity index (χ0v) is 19.2. The molecule has 1 saturated heterocycles. The number of halogens is 1. The highest BCUT2D eigenvalue weighted by Gasteiger charge is 2.22. The first-order valence-electron chi connectivity index (χ1n) is 10.1. The summed E-state index contributed by atoms with van der Waals surface area (Å²) >= 11 is 0. The zero-order valence-electron chi connectivity index (χ0n) is 16.8. The Bertz CT molecular complexity index is 837. The van der Waals surface area contributed by atoms with Gasteiger partial charge in [0.25, 0.3) is 0 Å². The van der Waals surface area contributed by atoms with Crippen molar-refractivity contribution in [3.05, 3.63) is 47.3 Å². The van der Waals surface area contributed by atoms with E-state index in [4.69, 9.17) is 0 Å². The Morgan fingerprint density at radius 1 is 1.10 bits per heavy atom. The second-order valence-corrected chi connectivity index (χ2v) is 7.33. The Morgan fingerprint density at radius 3 is 2.55 bits per heavy atom. The van der Waals surface area contributed by atoms with Gasteiger partial charge in [0.1, 0.15) is 5.75 Å². The van der Waals surface area contributed by atoms with Crippen LogP contribution in [0.1, 0.15) is 29.5 Å². The standard InChI is InChI=1S/C21H28N6O.HI/c1-22-20(26-11-13-27(14-12-26)21-23-9-4-10-24-21)25-15-18-17-6-3-2-5-16(17)7-8-19(18)28;/h4,7-10,28H,2-3,5-6,11-15H2,1H3,(H,22,25);1H. The van der Waals surface area contributed by atoms with E-state index in [2.05, 4.69) is 36.1 Å². The van der Waals surface area contributed by atoms with Gasteiger partial charge >= 0.3 is 0 Å². The SMILES string of the molecule is CN=C(NCc1c(O)ccc2c1CCCC2)N1CCN(c2ncccn2)CC1.I. The number of rotatable bonds is 3. The molecule has 8 heteroatoms. The third-order valence-electron chi connectivity index (χ3n) is 5.68. The summed E-state index contributed by atoms with van der Waals surface area (Å²) < 4.78 is 0. The van der Waals surface area contributed by atoms with Crippen molar-refractivity contribution in [3.8, 4) is 5.75 Å². The summed E-state index contributed by atoms with van der Waals surface area (Å²) in [4.78, 5) is 17.6. The number of hydrogen-bond donors (Lipinski definition) is 2. The van der Waals surface area contributed by atoms with Crippen molar-refractivity contribution in [2.75, 3.05) is 38.1 Å². The highest BCUT2D eigenvalue weighted by Crippen LogP contribution is 2.30. The molecule has 0 unspecified atom stereocenters. The van der Waals surface area contributed by atoms with Crippen molar-refractivity contribution in [2.45, 2.75) is 32.2 Å². The molecule has 4 rings (SSSR count). The van der Waals surface area contributed by atoms with E-state index in [1.54, 1.807) is 12.4 Å². The number of anilines is 1. The molecule has 156 valence electrons. The minimum absolute atomic E-state index is 0. The Balaban J connectivity index is 0.00000240. The van der Waals surface area contributed by atoms with Crippen LogP contribution in [0, 0.1) is 0 Å². The van der Waals surface area contributed by atoms with Gasteiger partial charge < -0.3 is 20.2 Å². The van der Waals surface area contributed by atoms with E-state index in [0.717, 1.165) is 56.5 Å². The molecule has 0 bridgehead atoms. The molecule has 0 spiro atoms. The molecule has 1 aromatic carbocycles. The predicted molar refractivity (Wildman–Crippen MR) is 126 cm³/mol. The van der Waals surface area contributed by atoms with Gasteiger partial charge in [0.2, 0.25) is 5.95 Å². The van der Waals surface area contributed by atoms with Crippen LogP contribution in [-0.4, -0.2) is 59.2 Å². The van der Waals surface area contributed by atoms with E-state index in [-0.39, 0.29) is 24.0 Å². The Hall–Kier alpha value is -2.10. The van der Waals surface area contributed by atoms with Gasteiger partial charge in [-0.1, -0.05) is 6.07 Å². The number of piperazine rings is 1. The van der Waals surface area contributed by atoms with Gasteiger partial charge in [-0.3, -0.25) is 4.99 Å². The number of nitrogens with one attached hydrogen (secondary N) is 1. The highest BCUT2D eigenvalue weighted by atomic mass is 127. The monoisotopic (exact) mass is 508 g/mol. The molecular weight excluding hydrogens is 479 g/mol. The summed E-state index contributed by atoms with van der Waals surface area (Å²) in [5, 5.41) is 13.9. The van der Waals surface area contributed by atoms with Crippen molar-refractivity contribution in [1.29, 1.82) is 0 Å². The van der Waals surface area contributed by atoms with Crippen molar-refractivity contribution in [2.24, 2.45) is 4.99 Å². The Morgan fingerprint density at radius 2 is 1.83 bits per heavy atom. The number of benzene rings is 1. The number of aliphatic imine (C=N–C) groups is 1. The van der Waals surface area contributed by atoms with Crippen LogP contribution in [0.2, 0.25) is 0 Å². The summed E-state index contributed by atoms with van der Waals surface area (Å²) in [5.74, 6) is 2.04. The van der Waals surface area contributed by atoms with E-state index in [1.807, 2.05) is 19.2 Å². The summed E-state index contributed by atoms with van der Waals surface area (Å²) in [6.07, 6.45) is 8.16. The molecule has 0 radical (unpaired) electrons. The van der Waals surface area contributed by atoms with Gasteiger partial charge in [-0.2, -0.15) is 0 Å². The van der Waals surface area contributed by atoms with Crippen molar-refractivity contribution < 1.29 is 5.11 Å². The molecular formula is C21H29IN6O. The molecule has 1 aromatic heterocycles. The van der Waals surface area contributed by atoms with Gasteiger partial charge in [0.15, 0.2) is 5.96 Å². The van der Waals surface area contributed by atoms with Gasteiger partial charge in [-0.25, -0.2) is 9.97 Å². The summed E-state index contributed by atoms with van der Waals surface area (Å²) in [6.45, 7) is 4.03. The first kappa shape index (κ1) is 21.6. The van der Waals surface area contributed by atoms with Crippen molar-refractivity contribution in [3.63, 3.8) is 0 Å². The molecule has 0 amide bonds. The molecule has 0 atom stereocenters. The largest absolute Gasteiger partial charge is 0.508 e. The average molecular weight is 508 g/mol. The minimum Gasteiger partial charge on any atom is -0.508 e. The second-order valence-electron chi connectivity index (χ2n) is 7.33. The van der Waals surface area contributed by atoms with Crippen molar-refractivity contribution >= 4 is 35.9 Å². The zero-order chi connectivity index (χ0) is 19.3. The molecule has 2 heterocycles. The van der Waals surface area contributed by atoms with Crippen molar-refractivity contribution in [1.82, 2.24) is 20.2 Å². The summed E-state index contributed by atoms with van der Waals surface area (Å²) in [6, 6.07) is 5.75. The normalized spacial score (nSPS) is 16.8. The van der Waals surface area contributed by atoms with Crippen LogP contribution in [0.15, 0.2) is 35.6 Å². The molecule has 0 saturated carbocycles. The first-order valence-corrected chi connectivity index (χ1v) is 10.1. The molecule has 1 aliphatic carbocycles. The van der Waals surface area contributed by atoms with E-state index in [9.17, 15) is 5.11 Å². The van der Waals surface area contributed by atoms with E-state index in [0.29, 0.717) is 12.3 Å². The van der Waals surface area contributed by atoms with E-state index < -0.39 is 0 Å². The topological polar surface area (TPSA) is 76.9 Å². The van der Waals surface area contributed by atoms with E-state index in [1.165, 1.54) is 24.0 Å². The Labute approximate surface area is 189 Å². The summed E-state index contributed by atoms with van der Waals surface area (Å²) in [5.41, 5.74) is 3.72. The number of aromatic nitrogens is 2. The number of aryl methyl sites for hydroxylation is 1. The molecule has 1 aliphatic heterocycles. The van der Waals surface area contributed by atoms with Crippen LogP contribution in [0.4, 0.5) is 5.95 Å². The number of phenols is 1. The lowest BCUT2D eigenvalue weighted by atomic mass is 9.88. The average Bonchev–Trinajstić information content (AvgIpc) is 2.76. The van der Waals surface area contributed by atoms with Crippen LogP contribution in [0.3, 0.4) is 0 Å². The maximum atomic E-state index is 10.4. The number of guanidine groups is 1. The molecule has 2 aliphatic rings. The Kier molecular flexibility index (Phi) is 7.51. The molecule has 2 N–H and O–H groups in total. The van der Waals surface area contributed by atoms with Crippen LogP contribution in [0.5, 0.6) is 5.75 Å². The van der Waals surface area contributed by atoms with Gasteiger partial charge in [-0.15, -0.1) is 24.0 Å². The number of fused-ring (bicyclic) bond motifs is 1. The van der Waals surface area contributed by atoms with Crippen LogP contribution < -0.4 is 10.2 Å². The fraction of sp³-hybridized carbons (Fsp3) is 0.476. The highest BCUT2D eigenvalue weighted by molar-refractivity contribution is 14.0. The number of nitrogens with zero attached hydrogens (tertiary/aromatic N) is 5. The number of aromatic hydroxyl groups is 1. The van der Waals surface area contributed by atoms with Gasteiger partial charge in [0, 0.05) is 57.7 Å². The lowest BCUT2D eigenvalue weighted by molar-refractivity contribution is 0.369. The quantitative estimate of drug-likeness (QED) is 0.377. The van der Waals surface area contributed by atoms with Gasteiger partial charge in [-0.05, 0) is 48.9 Å². The number of hydrogen-bond acceptors (Lipinski definition) is 5. The molecule has 2 aromatic rings. The molecule has 29 heavy (non-hydrogen) atoms. The van der Waals surface area contributed by atoms with Crippen LogP contribution in [0.25, 0.3) is 0 Å². The molecule has 1 fully saturated rings. The van der Waals surface area contributed by atoms with Crippen LogP contribution >= 0.6 is 24.0 Å². The summed E-state index contributed by atoms with van der Waals surface area (Å²) in [7, 11) is 1.81. The third kappa shape index (κ3) is 4.91.